The van der Waals surface area contributed by atoms with Gasteiger partial charge in [0.05, 0.1) is 15.4 Å². The molecule has 0 saturated heterocycles. The summed E-state index contributed by atoms with van der Waals surface area (Å²) in [6, 6.07) is 7.94. The Morgan fingerprint density at radius 3 is 2.77 bits per heavy atom. The van der Waals surface area contributed by atoms with Crippen molar-refractivity contribution in [2.45, 2.75) is 31.8 Å². The number of anilines is 1. The van der Waals surface area contributed by atoms with Crippen molar-refractivity contribution < 1.29 is 14.1 Å². The topological polar surface area (TPSA) is 102 Å². The Bertz CT molecular complexity index is 1200. The van der Waals surface area contributed by atoms with E-state index in [9.17, 15) is 19.3 Å². The third-order valence-electron chi connectivity index (χ3n) is 5.51. The second-order valence-electron chi connectivity index (χ2n) is 7.59. The highest BCUT2D eigenvalue weighted by Crippen LogP contribution is 2.46. The fourth-order valence-electron chi connectivity index (χ4n) is 3.81. The highest BCUT2D eigenvalue weighted by Gasteiger charge is 2.34. The first-order chi connectivity index (χ1) is 14.4. The van der Waals surface area contributed by atoms with Crippen molar-refractivity contribution >= 4 is 28.7 Å². The zero-order valence-electron chi connectivity index (χ0n) is 15.8. The SMILES string of the molecule is Nc1nccc(-c2ccc(CN3Cc4cc(C5CC5)sc4C3=O)c(F)c2)c1[N+](=O)[O-]. The molecule has 0 unspecified atom stereocenters. The highest BCUT2D eigenvalue weighted by atomic mass is 32.1. The molecule has 3 aromatic rings. The van der Waals surface area contributed by atoms with E-state index in [1.165, 1.54) is 36.0 Å². The molecule has 1 aliphatic heterocycles. The van der Waals surface area contributed by atoms with Crippen molar-refractivity contribution in [3.8, 4) is 11.1 Å². The normalized spacial score (nSPS) is 15.5. The van der Waals surface area contributed by atoms with Crippen LogP contribution >= 0.6 is 11.3 Å². The monoisotopic (exact) mass is 424 g/mol. The van der Waals surface area contributed by atoms with E-state index in [0.717, 1.165) is 10.4 Å². The fourth-order valence-corrected chi connectivity index (χ4v) is 5.12. The molecule has 152 valence electrons. The standard InChI is InChI=1S/C21H17FN4O3S/c22-16-7-12(15-5-6-24-20(23)18(15)26(28)29)3-4-13(16)9-25-10-14-8-17(11-1-2-11)30-19(14)21(25)27/h3-8,11H,1-2,9-10H2,(H2,23,24). The van der Waals surface area contributed by atoms with Crippen molar-refractivity contribution in [1.29, 1.82) is 0 Å². The number of thiophene rings is 1. The Morgan fingerprint density at radius 2 is 2.10 bits per heavy atom. The lowest BCUT2D eigenvalue weighted by atomic mass is 10.0. The molecule has 1 saturated carbocycles. The van der Waals surface area contributed by atoms with Gasteiger partial charge in [0.15, 0.2) is 0 Å². The molecule has 5 rings (SSSR count). The lowest BCUT2D eigenvalue weighted by Gasteiger charge is -2.17. The van der Waals surface area contributed by atoms with Gasteiger partial charge in [-0.05, 0) is 48.1 Å². The van der Waals surface area contributed by atoms with Crippen LogP contribution in [0.3, 0.4) is 0 Å². The first-order valence-electron chi connectivity index (χ1n) is 9.52. The van der Waals surface area contributed by atoms with Crippen LogP contribution in [-0.2, 0) is 13.1 Å². The zero-order valence-corrected chi connectivity index (χ0v) is 16.6. The molecule has 9 heteroatoms. The number of nitrogen functional groups attached to an aromatic ring is 1. The van der Waals surface area contributed by atoms with Crippen LogP contribution in [0.15, 0.2) is 36.5 Å². The number of nitro groups is 1. The first-order valence-corrected chi connectivity index (χ1v) is 10.3. The van der Waals surface area contributed by atoms with Crippen LogP contribution in [0.5, 0.6) is 0 Å². The molecular weight excluding hydrogens is 407 g/mol. The molecule has 1 aliphatic carbocycles. The van der Waals surface area contributed by atoms with E-state index in [1.54, 1.807) is 28.4 Å². The summed E-state index contributed by atoms with van der Waals surface area (Å²) in [6.45, 7) is 0.622. The molecule has 1 amide bonds. The summed E-state index contributed by atoms with van der Waals surface area (Å²) in [7, 11) is 0. The minimum absolute atomic E-state index is 0.0667. The molecule has 0 atom stereocenters. The molecular formula is C21H17FN4O3S. The van der Waals surface area contributed by atoms with E-state index >= 15 is 0 Å². The second kappa shape index (κ2) is 6.88. The number of pyridine rings is 1. The average molecular weight is 424 g/mol. The van der Waals surface area contributed by atoms with Gasteiger partial charge in [0.2, 0.25) is 5.82 Å². The molecule has 2 N–H and O–H groups in total. The zero-order chi connectivity index (χ0) is 21.0. The molecule has 1 fully saturated rings. The number of hydrogen-bond donors (Lipinski definition) is 1. The number of rotatable bonds is 5. The predicted octanol–water partition coefficient (Wildman–Crippen LogP) is 4.47. The van der Waals surface area contributed by atoms with Gasteiger partial charge in [-0.15, -0.1) is 11.3 Å². The van der Waals surface area contributed by atoms with Crippen LogP contribution in [0.4, 0.5) is 15.9 Å². The summed E-state index contributed by atoms with van der Waals surface area (Å²) in [5, 5.41) is 11.3. The minimum Gasteiger partial charge on any atom is -0.378 e. The van der Waals surface area contributed by atoms with Crippen LogP contribution in [0.1, 0.15) is 44.4 Å². The van der Waals surface area contributed by atoms with Crippen molar-refractivity contribution in [3.63, 3.8) is 0 Å². The van der Waals surface area contributed by atoms with Crippen LogP contribution in [0, 0.1) is 15.9 Å². The summed E-state index contributed by atoms with van der Waals surface area (Å²) in [5.74, 6) is -0.207. The Labute approximate surface area is 175 Å². The van der Waals surface area contributed by atoms with Gasteiger partial charge in [0, 0.05) is 29.7 Å². The maximum Gasteiger partial charge on any atom is 0.318 e. The number of aromatic nitrogens is 1. The number of amides is 1. The van der Waals surface area contributed by atoms with Crippen molar-refractivity contribution in [1.82, 2.24) is 9.88 Å². The van der Waals surface area contributed by atoms with Gasteiger partial charge in [-0.2, -0.15) is 0 Å². The average Bonchev–Trinajstić information content (AvgIpc) is 3.41. The smallest absolute Gasteiger partial charge is 0.318 e. The number of fused-ring (bicyclic) bond motifs is 1. The van der Waals surface area contributed by atoms with E-state index in [1.807, 2.05) is 0 Å². The van der Waals surface area contributed by atoms with Crippen LogP contribution in [0.25, 0.3) is 11.1 Å². The number of carbonyl (C=O) groups is 1. The molecule has 7 nitrogen and oxygen atoms in total. The molecule has 2 aromatic heterocycles. The van der Waals surface area contributed by atoms with Crippen LogP contribution in [0.2, 0.25) is 0 Å². The molecule has 2 aliphatic rings. The lowest BCUT2D eigenvalue weighted by Crippen LogP contribution is -2.23. The van der Waals surface area contributed by atoms with Crippen LogP contribution in [-0.4, -0.2) is 20.7 Å². The summed E-state index contributed by atoms with van der Waals surface area (Å²) < 4.78 is 14.8. The number of carbonyl (C=O) groups excluding carboxylic acids is 1. The maximum absolute atomic E-state index is 14.8. The van der Waals surface area contributed by atoms with Crippen molar-refractivity contribution in [2.24, 2.45) is 0 Å². The number of nitrogens with zero attached hydrogens (tertiary/aromatic N) is 3. The van der Waals surface area contributed by atoms with E-state index < -0.39 is 10.7 Å². The maximum atomic E-state index is 14.8. The number of hydrogen-bond acceptors (Lipinski definition) is 6. The van der Waals surface area contributed by atoms with Crippen molar-refractivity contribution in [2.75, 3.05) is 5.73 Å². The summed E-state index contributed by atoms with van der Waals surface area (Å²) >= 11 is 1.56. The van der Waals surface area contributed by atoms with Gasteiger partial charge in [-0.3, -0.25) is 14.9 Å². The Balaban J connectivity index is 1.39. The Kier molecular flexibility index (Phi) is 4.28. The van der Waals surface area contributed by atoms with E-state index in [-0.39, 0.29) is 29.5 Å². The Morgan fingerprint density at radius 1 is 1.30 bits per heavy atom. The lowest BCUT2D eigenvalue weighted by molar-refractivity contribution is -0.383. The van der Waals surface area contributed by atoms with Gasteiger partial charge >= 0.3 is 5.69 Å². The predicted molar refractivity (Wildman–Crippen MR) is 111 cm³/mol. The largest absolute Gasteiger partial charge is 0.378 e. The number of halogens is 1. The molecule has 1 aromatic carbocycles. The molecule has 3 heterocycles. The van der Waals surface area contributed by atoms with Crippen LogP contribution < -0.4 is 5.73 Å². The van der Waals surface area contributed by atoms with E-state index in [4.69, 9.17) is 5.73 Å². The van der Waals surface area contributed by atoms with Gasteiger partial charge in [-0.25, -0.2) is 9.37 Å². The van der Waals surface area contributed by atoms with Gasteiger partial charge in [-0.1, -0.05) is 12.1 Å². The quantitative estimate of drug-likeness (QED) is 0.481. The molecule has 0 radical (unpaired) electrons. The summed E-state index contributed by atoms with van der Waals surface area (Å²) in [5.41, 5.74) is 7.18. The number of benzene rings is 1. The first kappa shape index (κ1) is 18.7. The van der Waals surface area contributed by atoms with Gasteiger partial charge in [0.1, 0.15) is 5.82 Å². The Hall–Kier alpha value is -3.33. The minimum atomic E-state index is -0.624. The van der Waals surface area contributed by atoms with E-state index in [0.29, 0.717) is 23.6 Å². The summed E-state index contributed by atoms with van der Waals surface area (Å²) in [6.07, 6.45) is 3.73. The highest BCUT2D eigenvalue weighted by molar-refractivity contribution is 7.14. The summed E-state index contributed by atoms with van der Waals surface area (Å²) in [4.78, 5) is 30.8. The third kappa shape index (κ3) is 3.11. The van der Waals surface area contributed by atoms with E-state index in [2.05, 4.69) is 11.1 Å². The fraction of sp³-hybridized carbons (Fsp3) is 0.238. The third-order valence-corrected chi connectivity index (χ3v) is 6.84. The molecule has 30 heavy (non-hydrogen) atoms. The van der Waals surface area contributed by atoms with Gasteiger partial charge < -0.3 is 10.6 Å². The van der Waals surface area contributed by atoms with Crippen molar-refractivity contribution in [3.05, 3.63) is 73.3 Å². The second-order valence-corrected chi connectivity index (χ2v) is 8.68. The van der Waals surface area contributed by atoms with Gasteiger partial charge in [0.25, 0.3) is 5.91 Å². The number of nitrogens with two attached hydrogens (primary N) is 1. The molecule has 0 spiro atoms. The molecule has 0 bridgehead atoms.